The minimum Gasteiger partial charge on any atom is -0.494 e. The van der Waals surface area contributed by atoms with E-state index >= 15 is 0 Å². The Labute approximate surface area is 114 Å². The number of methoxy groups -OCH3 is 1. The molecule has 0 spiro atoms. The molecule has 2 aromatic rings. The molecule has 1 aromatic heterocycles. The molecule has 8 heteroatoms. The van der Waals surface area contributed by atoms with E-state index in [-0.39, 0.29) is 16.2 Å². The molecular weight excluding hydrogens is 303 g/mol. The molecule has 0 fully saturated rings. The van der Waals surface area contributed by atoms with Gasteiger partial charge in [0.2, 0.25) is 5.82 Å². The largest absolute Gasteiger partial charge is 0.573 e. The number of thiophene rings is 1. The number of alkyl halides is 3. The van der Waals surface area contributed by atoms with Gasteiger partial charge in [-0.1, -0.05) is 11.3 Å². The first-order valence-corrected chi connectivity index (χ1v) is 6.01. The van der Waals surface area contributed by atoms with Gasteiger partial charge in [0, 0.05) is 10.4 Å². The zero-order chi connectivity index (χ0) is 14.9. The van der Waals surface area contributed by atoms with E-state index in [4.69, 9.17) is 0 Å². The summed E-state index contributed by atoms with van der Waals surface area (Å²) in [6.07, 6.45) is -4.83. The maximum Gasteiger partial charge on any atom is 0.573 e. The fraction of sp³-hybridized carbons (Fsp3) is 0.167. The molecule has 20 heavy (non-hydrogen) atoms. The summed E-state index contributed by atoms with van der Waals surface area (Å²) < 4.78 is 71.7. The molecule has 0 amide bonds. The molecule has 108 valence electrons. The van der Waals surface area contributed by atoms with Gasteiger partial charge in [-0.2, -0.15) is 4.39 Å². The smallest absolute Gasteiger partial charge is 0.494 e. The predicted molar refractivity (Wildman–Crippen MR) is 62.9 cm³/mol. The molecule has 0 aliphatic heterocycles. The standard InChI is InChI=1S/C12H7F5O2S/c1-18-7-3-2-6(10(13)11(7)14)8-4-5-9(20-8)19-12(15,16)17/h2-5H,1H3. The van der Waals surface area contributed by atoms with Crippen LogP contribution in [0.25, 0.3) is 10.4 Å². The Morgan fingerprint density at radius 3 is 2.30 bits per heavy atom. The highest BCUT2D eigenvalue weighted by Crippen LogP contribution is 2.38. The number of hydrogen-bond acceptors (Lipinski definition) is 3. The van der Waals surface area contributed by atoms with Gasteiger partial charge in [0.05, 0.1) is 7.11 Å². The molecule has 0 atom stereocenters. The zero-order valence-electron chi connectivity index (χ0n) is 9.92. The lowest BCUT2D eigenvalue weighted by molar-refractivity contribution is -0.273. The average molecular weight is 310 g/mol. The van der Waals surface area contributed by atoms with Crippen LogP contribution in [0.15, 0.2) is 24.3 Å². The van der Waals surface area contributed by atoms with Crippen molar-refractivity contribution in [2.75, 3.05) is 7.11 Å². The number of halogens is 5. The SMILES string of the molecule is COc1ccc(-c2ccc(OC(F)(F)F)s2)c(F)c1F. The number of benzene rings is 1. The van der Waals surface area contributed by atoms with Gasteiger partial charge in [0.1, 0.15) is 0 Å². The van der Waals surface area contributed by atoms with Crippen molar-refractivity contribution in [3.63, 3.8) is 0 Å². The van der Waals surface area contributed by atoms with Crippen molar-refractivity contribution in [2.45, 2.75) is 6.36 Å². The summed E-state index contributed by atoms with van der Waals surface area (Å²) >= 11 is 0.559. The highest BCUT2D eigenvalue weighted by molar-refractivity contribution is 7.17. The normalized spacial score (nSPS) is 11.5. The first kappa shape index (κ1) is 14.6. The minimum atomic E-state index is -4.83. The van der Waals surface area contributed by atoms with E-state index in [0.717, 1.165) is 6.07 Å². The summed E-state index contributed by atoms with van der Waals surface area (Å²) in [5, 5.41) is -0.455. The molecule has 1 heterocycles. The fourth-order valence-electron chi connectivity index (χ4n) is 1.51. The lowest BCUT2D eigenvalue weighted by Crippen LogP contribution is -2.16. The summed E-state index contributed by atoms with van der Waals surface area (Å²) in [4.78, 5) is 0.114. The Kier molecular flexibility index (Phi) is 3.85. The van der Waals surface area contributed by atoms with Crippen molar-refractivity contribution in [1.82, 2.24) is 0 Å². The third kappa shape index (κ3) is 3.01. The first-order chi connectivity index (χ1) is 9.31. The quantitative estimate of drug-likeness (QED) is 0.771. The van der Waals surface area contributed by atoms with Crippen molar-refractivity contribution in [3.8, 4) is 21.3 Å². The van der Waals surface area contributed by atoms with Gasteiger partial charge in [0.25, 0.3) is 0 Å². The zero-order valence-corrected chi connectivity index (χ0v) is 10.7. The summed E-state index contributed by atoms with van der Waals surface area (Å²) in [7, 11) is 1.18. The second kappa shape index (κ2) is 5.28. The number of rotatable bonds is 3. The van der Waals surface area contributed by atoms with Gasteiger partial charge in [0.15, 0.2) is 16.6 Å². The van der Waals surface area contributed by atoms with Crippen molar-refractivity contribution in [1.29, 1.82) is 0 Å². The second-order valence-corrected chi connectivity index (χ2v) is 4.66. The minimum absolute atomic E-state index is 0.114. The monoisotopic (exact) mass is 310 g/mol. The summed E-state index contributed by atoms with van der Waals surface area (Å²) in [6, 6.07) is 4.67. The van der Waals surface area contributed by atoms with E-state index < -0.39 is 23.1 Å². The van der Waals surface area contributed by atoms with Crippen molar-refractivity contribution in [2.24, 2.45) is 0 Å². The Hall–Kier alpha value is -1.83. The topological polar surface area (TPSA) is 18.5 Å². The third-order valence-corrected chi connectivity index (χ3v) is 3.33. The lowest BCUT2D eigenvalue weighted by atomic mass is 10.1. The Bertz CT molecular complexity index is 621. The van der Waals surface area contributed by atoms with E-state index in [1.807, 2.05) is 0 Å². The molecule has 0 unspecified atom stereocenters. The molecule has 2 rings (SSSR count). The molecule has 1 aromatic carbocycles. The molecule has 0 radical (unpaired) electrons. The van der Waals surface area contributed by atoms with E-state index in [1.54, 1.807) is 0 Å². The Morgan fingerprint density at radius 2 is 1.70 bits per heavy atom. The molecule has 0 saturated carbocycles. The van der Waals surface area contributed by atoms with Crippen LogP contribution >= 0.6 is 11.3 Å². The average Bonchev–Trinajstić information content (AvgIpc) is 2.78. The summed E-state index contributed by atoms with van der Waals surface area (Å²) in [6.45, 7) is 0. The molecule has 0 aliphatic rings. The van der Waals surface area contributed by atoms with Gasteiger partial charge in [-0.25, -0.2) is 4.39 Å². The number of hydrogen-bond donors (Lipinski definition) is 0. The second-order valence-electron chi connectivity index (χ2n) is 3.61. The van der Waals surface area contributed by atoms with Gasteiger partial charge >= 0.3 is 6.36 Å². The Morgan fingerprint density at radius 1 is 1.00 bits per heavy atom. The third-order valence-electron chi connectivity index (χ3n) is 2.33. The molecule has 0 saturated heterocycles. The maximum absolute atomic E-state index is 13.8. The maximum atomic E-state index is 13.8. The Balaban J connectivity index is 2.36. The van der Waals surface area contributed by atoms with E-state index in [2.05, 4.69) is 9.47 Å². The lowest BCUT2D eigenvalue weighted by Gasteiger charge is -2.06. The van der Waals surface area contributed by atoms with Crippen LogP contribution in [0.4, 0.5) is 22.0 Å². The van der Waals surface area contributed by atoms with Crippen LogP contribution in [0.1, 0.15) is 0 Å². The molecule has 0 N–H and O–H groups in total. The van der Waals surface area contributed by atoms with E-state index in [9.17, 15) is 22.0 Å². The summed E-state index contributed by atoms with van der Waals surface area (Å²) in [5.74, 6) is -2.67. The van der Waals surface area contributed by atoms with E-state index in [0.29, 0.717) is 11.3 Å². The highest BCUT2D eigenvalue weighted by Gasteiger charge is 2.32. The van der Waals surface area contributed by atoms with Crippen molar-refractivity contribution < 1.29 is 31.4 Å². The molecular formula is C12H7F5O2S. The van der Waals surface area contributed by atoms with Crippen LogP contribution in [-0.4, -0.2) is 13.5 Å². The van der Waals surface area contributed by atoms with Crippen LogP contribution in [0, 0.1) is 11.6 Å². The highest BCUT2D eigenvalue weighted by atomic mass is 32.1. The van der Waals surface area contributed by atoms with E-state index in [1.165, 1.54) is 25.3 Å². The molecule has 0 bridgehead atoms. The van der Waals surface area contributed by atoms with Crippen molar-refractivity contribution >= 4 is 11.3 Å². The van der Waals surface area contributed by atoms with Gasteiger partial charge in [-0.15, -0.1) is 13.2 Å². The molecule has 2 nitrogen and oxygen atoms in total. The van der Waals surface area contributed by atoms with Gasteiger partial charge in [-0.05, 0) is 24.3 Å². The van der Waals surface area contributed by atoms with Gasteiger partial charge in [-0.3, -0.25) is 0 Å². The number of ether oxygens (including phenoxy) is 2. The van der Waals surface area contributed by atoms with Gasteiger partial charge < -0.3 is 9.47 Å². The summed E-state index contributed by atoms with van der Waals surface area (Å²) in [5.41, 5.74) is -0.162. The molecule has 0 aliphatic carbocycles. The predicted octanol–water partition coefficient (Wildman–Crippen LogP) is 4.60. The fourth-order valence-corrected chi connectivity index (χ4v) is 2.41. The van der Waals surface area contributed by atoms with Crippen LogP contribution in [0.2, 0.25) is 0 Å². The van der Waals surface area contributed by atoms with Crippen LogP contribution < -0.4 is 9.47 Å². The van der Waals surface area contributed by atoms with Crippen LogP contribution in [0.3, 0.4) is 0 Å². The van der Waals surface area contributed by atoms with Crippen LogP contribution in [0.5, 0.6) is 10.8 Å². The van der Waals surface area contributed by atoms with Crippen molar-refractivity contribution in [3.05, 3.63) is 35.9 Å². The van der Waals surface area contributed by atoms with Crippen LogP contribution in [-0.2, 0) is 0 Å². The first-order valence-electron chi connectivity index (χ1n) is 5.20.